The van der Waals surface area contributed by atoms with Crippen LogP contribution in [-0.2, 0) is 21.2 Å². The molecule has 0 aliphatic rings. The minimum atomic E-state index is -3.72. The van der Waals surface area contributed by atoms with Gasteiger partial charge >= 0.3 is 0 Å². The molecule has 0 unspecified atom stereocenters. The molecule has 0 heterocycles. The number of benzene rings is 1. The zero-order chi connectivity index (χ0) is 16.0. The van der Waals surface area contributed by atoms with E-state index in [-0.39, 0.29) is 23.9 Å². The van der Waals surface area contributed by atoms with Gasteiger partial charge in [0.15, 0.2) is 0 Å². The zero-order valence-electron chi connectivity index (χ0n) is 12.7. The minimum absolute atomic E-state index is 0.114. The highest BCUT2D eigenvalue weighted by Crippen LogP contribution is 2.21. The monoisotopic (exact) mass is 313 g/mol. The quantitative estimate of drug-likeness (QED) is 0.734. The van der Waals surface area contributed by atoms with Crippen LogP contribution in [-0.4, -0.2) is 38.3 Å². The highest BCUT2D eigenvalue weighted by Gasteiger charge is 2.25. The summed E-state index contributed by atoms with van der Waals surface area (Å²) >= 11 is 0. The van der Waals surface area contributed by atoms with Crippen molar-refractivity contribution in [2.45, 2.75) is 32.1 Å². The van der Waals surface area contributed by atoms with E-state index in [1.807, 2.05) is 6.92 Å². The average Bonchev–Trinajstić information content (AvgIpc) is 2.44. The maximum Gasteiger partial charge on any atom is 0.243 e. The summed E-state index contributed by atoms with van der Waals surface area (Å²) in [5, 5.41) is 2.59. The van der Waals surface area contributed by atoms with Gasteiger partial charge in [-0.05, 0) is 31.0 Å². The van der Waals surface area contributed by atoms with Gasteiger partial charge in [0.25, 0.3) is 0 Å². The molecule has 0 aliphatic heterocycles. The number of anilines is 1. The second kappa shape index (κ2) is 7.42. The number of aryl methyl sites for hydroxylation is 1. The first-order valence-corrected chi connectivity index (χ1v) is 8.46. The largest absolute Gasteiger partial charge is 0.398 e. The first-order valence-electron chi connectivity index (χ1n) is 7.02. The molecule has 0 atom stereocenters. The van der Waals surface area contributed by atoms with Crippen LogP contribution >= 0.6 is 0 Å². The van der Waals surface area contributed by atoms with Crippen LogP contribution in [0, 0.1) is 0 Å². The lowest BCUT2D eigenvalue weighted by Gasteiger charge is -2.20. The molecule has 118 valence electrons. The van der Waals surface area contributed by atoms with Crippen LogP contribution in [0.1, 0.15) is 26.3 Å². The highest BCUT2D eigenvalue weighted by atomic mass is 32.2. The fourth-order valence-corrected chi connectivity index (χ4v) is 3.43. The third-order valence-corrected chi connectivity index (χ3v) is 5.10. The van der Waals surface area contributed by atoms with Crippen LogP contribution in [0.2, 0.25) is 0 Å². The molecule has 1 aromatic rings. The molecule has 1 rings (SSSR count). The summed E-state index contributed by atoms with van der Waals surface area (Å²) in [5.41, 5.74) is 7.21. The molecule has 0 saturated carbocycles. The molecule has 3 N–H and O–H groups in total. The van der Waals surface area contributed by atoms with Gasteiger partial charge in [0, 0.05) is 18.8 Å². The van der Waals surface area contributed by atoms with E-state index in [0.717, 1.165) is 16.3 Å². The lowest BCUT2D eigenvalue weighted by Crippen LogP contribution is -2.40. The molecule has 7 heteroatoms. The fraction of sp³-hybridized carbons (Fsp3) is 0.500. The molecule has 0 radical (unpaired) electrons. The van der Waals surface area contributed by atoms with Gasteiger partial charge in [0.1, 0.15) is 0 Å². The molecule has 1 aromatic carbocycles. The van der Waals surface area contributed by atoms with Crippen molar-refractivity contribution in [3.05, 3.63) is 23.8 Å². The Bertz CT molecular complexity index is 599. The number of hydrogen-bond acceptors (Lipinski definition) is 4. The van der Waals surface area contributed by atoms with E-state index in [1.165, 1.54) is 12.1 Å². The molecule has 0 saturated heterocycles. The van der Waals surface area contributed by atoms with Crippen LogP contribution in [0.3, 0.4) is 0 Å². The number of carbonyl (C=O) groups is 1. The Labute approximate surface area is 126 Å². The van der Waals surface area contributed by atoms with Crippen LogP contribution in [0.15, 0.2) is 23.1 Å². The van der Waals surface area contributed by atoms with Crippen molar-refractivity contribution in [3.63, 3.8) is 0 Å². The fourth-order valence-electron chi connectivity index (χ4n) is 1.98. The standard InChI is InChI=1S/C14H23N3O3S/c1-4-11-7-8-12(9-13(11)15)21(19,20)17(6-3)10-14(18)16-5-2/h7-9H,4-6,10,15H2,1-3H3,(H,16,18). The Morgan fingerprint density at radius 3 is 2.43 bits per heavy atom. The Morgan fingerprint density at radius 1 is 1.29 bits per heavy atom. The van der Waals surface area contributed by atoms with E-state index < -0.39 is 10.0 Å². The van der Waals surface area contributed by atoms with Gasteiger partial charge in [-0.3, -0.25) is 4.79 Å². The number of sulfonamides is 1. The predicted molar refractivity (Wildman–Crippen MR) is 83.3 cm³/mol. The average molecular weight is 313 g/mol. The first-order chi connectivity index (χ1) is 9.86. The van der Waals surface area contributed by atoms with Crippen LogP contribution in [0.4, 0.5) is 5.69 Å². The molecule has 0 fully saturated rings. The highest BCUT2D eigenvalue weighted by molar-refractivity contribution is 7.89. The summed E-state index contributed by atoms with van der Waals surface area (Å²) < 4.78 is 26.2. The van der Waals surface area contributed by atoms with Gasteiger partial charge in [0.05, 0.1) is 11.4 Å². The van der Waals surface area contributed by atoms with Gasteiger partial charge < -0.3 is 11.1 Å². The molecule has 0 bridgehead atoms. The minimum Gasteiger partial charge on any atom is -0.398 e. The second-order valence-corrected chi connectivity index (χ2v) is 6.54. The summed E-state index contributed by atoms with van der Waals surface area (Å²) in [6.07, 6.45) is 0.739. The number of likely N-dealkylation sites (N-methyl/N-ethyl adjacent to an activating group) is 2. The van der Waals surface area contributed by atoms with Gasteiger partial charge in [0.2, 0.25) is 15.9 Å². The third kappa shape index (κ3) is 4.18. The van der Waals surface area contributed by atoms with E-state index >= 15 is 0 Å². The van der Waals surface area contributed by atoms with E-state index in [2.05, 4.69) is 5.32 Å². The summed E-state index contributed by atoms with van der Waals surface area (Å²) in [5.74, 6) is -0.318. The van der Waals surface area contributed by atoms with Crippen molar-refractivity contribution in [1.29, 1.82) is 0 Å². The van der Waals surface area contributed by atoms with Crippen molar-refractivity contribution < 1.29 is 13.2 Å². The van der Waals surface area contributed by atoms with Crippen LogP contribution in [0.5, 0.6) is 0 Å². The summed E-state index contributed by atoms with van der Waals surface area (Å²) in [7, 11) is -3.72. The molecule has 0 aromatic heterocycles. The summed E-state index contributed by atoms with van der Waals surface area (Å²) in [6.45, 7) is 5.92. The molecular weight excluding hydrogens is 290 g/mol. The van der Waals surface area contributed by atoms with E-state index in [9.17, 15) is 13.2 Å². The SMILES string of the molecule is CCNC(=O)CN(CC)S(=O)(=O)c1ccc(CC)c(N)c1. The number of amides is 1. The molecule has 1 amide bonds. The lowest BCUT2D eigenvalue weighted by atomic mass is 10.1. The van der Waals surface area contributed by atoms with Crippen molar-refractivity contribution in [2.75, 3.05) is 25.4 Å². The zero-order valence-corrected chi connectivity index (χ0v) is 13.5. The second-order valence-electron chi connectivity index (χ2n) is 4.60. The van der Waals surface area contributed by atoms with Gasteiger partial charge in [-0.1, -0.05) is 19.9 Å². The molecule has 21 heavy (non-hydrogen) atoms. The Hall–Kier alpha value is -1.60. The third-order valence-electron chi connectivity index (χ3n) is 3.18. The number of nitrogens with two attached hydrogens (primary N) is 1. The van der Waals surface area contributed by atoms with Crippen LogP contribution in [0.25, 0.3) is 0 Å². The first kappa shape index (κ1) is 17.5. The van der Waals surface area contributed by atoms with Gasteiger partial charge in [-0.15, -0.1) is 0 Å². The van der Waals surface area contributed by atoms with Crippen molar-refractivity contribution in [3.8, 4) is 0 Å². The molecule has 6 nitrogen and oxygen atoms in total. The topological polar surface area (TPSA) is 92.5 Å². The van der Waals surface area contributed by atoms with E-state index in [4.69, 9.17) is 5.73 Å². The smallest absolute Gasteiger partial charge is 0.243 e. The molecule has 0 spiro atoms. The number of nitrogen functional groups attached to an aromatic ring is 1. The van der Waals surface area contributed by atoms with Gasteiger partial charge in [-0.25, -0.2) is 8.42 Å². The number of rotatable bonds is 7. The number of nitrogens with one attached hydrogen (secondary N) is 1. The van der Waals surface area contributed by atoms with E-state index in [0.29, 0.717) is 12.2 Å². The Morgan fingerprint density at radius 2 is 1.95 bits per heavy atom. The molecular formula is C14H23N3O3S. The maximum absolute atomic E-state index is 12.5. The Kier molecular flexibility index (Phi) is 6.17. The summed E-state index contributed by atoms with van der Waals surface area (Å²) in [6, 6.07) is 4.70. The summed E-state index contributed by atoms with van der Waals surface area (Å²) in [4.78, 5) is 11.7. The van der Waals surface area contributed by atoms with Crippen molar-refractivity contribution in [1.82, 2.24) is 9.62 Å². The Balaban J connectivity index is 3.07. The van der Waals surface area contributed by atoms with E-state index in [1.54, 1.807) is 19.9 Å². The number of nitrogens with zero attached hydrogens (tertiary/aromatic N) is 1. The molecule has 0 aliphatic carbocycles. The van der Waals surface area contributed by atoms with Crippen molar-refractivity contribution in [2.24, 2.45) is 0 Å². The van der Waals surface area contributed by atoms with Crippen LogP contribution < -0.4 is 11.1 Å². The maximum atomic E-state index is 12.5. The van der Waals surface area contributed by atoms with Gasteiger partial charge in [-0.2, -0.15) is 4.31 Å². The number of carbonyl (C=O) groups excluding carboxylic acids is 1. The number of hydrogen-bond donors (Lipinski definition) is 2. The normalized spacial score (nSPS) is 11.6. The van der Waals surface area contributed by atoms with Crippen molar-refractivity contribution >= 4 is 21.6 Å². The lowest BCUT2D eigenvalue weighted by molar-refractivity contribution is -0.121. The predicted octanol–water partition coefficient (Wildman–Crippen LogP) is 0.978.